The summed E-state index contributed by atoms with van der Waals surface area (Å²) in [6, 6.07) is 5.72. The first kappa shape index (κ1) is 11.8. The van der Waals surface area contributed by atoms with E-state index in [2.05, 4.69) is 9.97 Å². The monoisotopic (exact) mass is 251 g/mol. The lowest BCUT2D eigenvalue weighted by molar-refractivity contribution is 0.628. The van der Waals surface area contributed by atoms with Crippen LogP contribution in [0.5, 0.6) is 0 Å². The molecule has 17 heavy (non-hydrogen) atoms. The van der Waals surface area contributed by atoms with Crippen molar-refractivity contribution in [2.75, 3.05) is 5.73 Å². The van der Waals surface area contributed by atoms with Gasteiger partial charge >= 0.3 is 0 Å². The molecular formula is C12H11ClFN3. The standard InChI is InChI=1S/C12H11ClFN3/c1-2-12-16-10(6-11(15)17-12)8-5-7(14)3-4-9(8)13/h3-6H,2H2,1H3,(H2,15,16,17). The van der Waals surface area contributed by atoms with Crippen LogP contribution in [0.15, 0.2) is 24.3 Å². The van der Waals surface area contributed by atoms with Crippen molar-refractivity contribution in [1.29, 1.82) is 0 Å². The average Bonchev–Trinajstić information content (AvgIpc) is 2.31. The topological polar surface area (TPSA) is 51.8 Å². The molecule has 88 valence electrons. The maximum Gasteiger partial charge on any atom is 0.131 e. The molecule has 1 aromatic heterocycles. The molecule has 0 unspecified atom stereocenters. The van der Waals surface area contributed by atoms with Gasteiger partial charge in [-0.2, -0.15) is 0 Å². The molecule has 0 amide bonds. The summed E-state index contributed by atoms with van der Waals surface area (Å²) < 4.78 is 13.2. The van der Waals surface area contributed by atoms with E-state index in [4.69, 9.17) is 17.3 Å². The van der Waals surface area contributed by atoms with Crippen molar-refractivity contribution in [2.24, 2.45) is 0 Å². The largest absolute Gasteiger partial charge is 0.384 e. The molecule has 1 heterocycles. The number of aryl methyl sites for hydroxylation is 1. The van der Waals surface area contributed by atoms with Crippen LogP contribution >= 0.6 is 11.6 Å². The molecule has 0 fully saturated rings. The van der Waals surface area contributed by atoms with Gasteiger partial charge < -0.3 is 5.73 Å². The molecule has 0 atom stereocenters. The summed E-state index contributed by atoms with van der Waals surface area (Å²) >= 11 is 6.01. The Balaban J connectivity index is 2.59. The Morgan fingerprint density at radius 2 is 2.06 bits per heavy atom. The highest BCUT2D eigenvalue weighted by Gasteiger charge is 2.09. The number of halogens is 2. The zero-order valence-corrected chi connectivity index (χ0v) is 10.0. The zero-order chi connectivity index (χ0) is 12.4. The Labute approximate surface area is 103 Å². The number of anilines is 1. The molecule has 2 rings (SSSR count). The molecule has 0 saturated carbocycles. The van der Waals surface area contributed by atoms with Gasteiger partial charge in [-0.05, 0) is 18.2 Å². The molecule has 0 radical (unpaired) electrons. The minimum absolute atomic E-state index is 0.354. The Kier molecular flexibility index (Phi) is 3.24. The molecule has 3 nitrogen and oxygen atoms in total. The summed E-state index contributed by atoms with van der Waals surface area (Å²) in [6.45, 7) is 1.92. The minimum Gasteiger partial charge on any atom is -0.384 e. The van der Waals surface area contributed by atoms with Crippen molar-refractivity contribution in [2.45, 2.75) is 13.3 Å². The highest BCUT2D eigenvalue weighted by molar-refractivity contribution is 6.33. The SMILES string of the molecule is CCc1nc(N)cc(-c2cc(F)ccc2Cl)n1. The molecule has 0 aliphatic carbocycles. The van der Waals surface area contributed by atoms with Crippen LogP contribution in [0.1, 0.15) is 12.7 Å². The predicted molar refractivity (Wildman–Crippen MR) is 66.2 cm³/mol. The molecule has 0 bridgehead atoms. The third-order valence-electron chi connectivity index (χ3n) is 2.31. The first-order chi connectivity index (χ1) is 8.10. The second kappa shape index (κ2) is 4.67. The number of nitrogen functional groups attached to an aromatic ring is 1. The lowest BCUT2D eigenvalue weighted by Gasteiger charge is -2.06. The summed E-state index contributed by atoms with van der Waals surface area (Å²) in [4.78, 5) is 8.34. The summed E-state index contributed by atoms with van der Waals surface area (Å²) in [6.07, 6.45) is 0.658. The van der Waals surface area contributed by atoms with Gasteiger partial charge in [0, 0.05) is 18.1 Å². The van der Waals surface area contributed by atoms with E-state index in [9.17, 15) is 4.39 Å². The lowest BCUT2D eigenvalue weighted by Crippen LogP contribution is -2.00. The third kappa shape index (κ3) is 2.53. The van der Waals surface area contributed by atoms with E-state index < -0.39 is 0 Å². The molecular weight excluding hydrogens is 241 g/mol. The predicted octanol–water partition coefficient (Wildman–Crippen LogP) is 3.08. The lowest BCUT2D eigenvalue weighted by atomic mass is 10.1. The first-order valence-corrected chi connectivity index (χ1v) is 5.57. The van der Waals surface area contributed by atoms with E-state index in [0.29, 0.717) is 34.3 Å². The van der Waals surface area contributed by atoms with Gasteiger partial charge in [-0.3, -0.25) is 0 Å². The molecule has 0 aliphatic heterocycles. The number of rotatable bonds is 2. The van der Waals surface area contributed by atoms with Crippen LogP contribution in [-0.2, 0) is 6.42 Å². The Bertz CT molecular complexity index is 557. The van der Waals surface area contributed by atoms with Crippen LogP contribution in [0.4, 0.5) is 10.2 Å². The van der Waals surface area contributed by atoms with Crippen LogP contribution in [0.3, 0.4) is 0 Å². The molecule has 0 aliphatic rings. The van der Waals surface area contributed by atoms with Crippen molar-refractivity contribution in [3.8, 4) is 11.3 Å². The summed E-state index contributed by atoms with van der Waals surface area (Å²) in [7, 11) is 0. The molecule has 5 heteroatoms. The van der Waals surface area contributed by atoms with Gasteiger partial charge in [-0.25, -0.2) is 14.4 Å². The van der Waals surface area contributed by atoms with Gasteiger partial charge in [-0.15, -0.1) is 0 Å². The molecule has 0 spiro atoms. The van der Waals surface area contributed by atoms with E-state index in [-0.39, 0.29) is 5.82 Å². The first-order valence-electron chi connectivity index (χ1n) is 5.19. The second-order valence-corrected chi connectivity index (χ2v) is 3.98. The third-order valence-corrected chi connectivity index (χ3v) is 2.64. The fourth-order valence-corrected chi connectivity index (χ4v) is 1.72. The number of nitrogens with two attached hydrogens (primary N) is 1. The van der Waals surface area contributed by atoms with Gasteiger partial charge in [0.05, 0.1) is 10.7 Å². The van der Waals surface area contributed by atoms with Crippen LogP contribution in [0.2, 0.25) is 5.02 Å². The quantitative estimate of drug-likeness (QED) is 0.892. The van der Waals surface area contributed by atoms with Crippen LogP contribution in [0.25, 0.3) is 11.3 Å². The van der Waals surface area contributed by atoms with Crippen molar-refractivity contribution in [3.05, 3.63) is 40.9 Å². The number of hydrogen-bond donors (Lipinski definition) is 1. The Hall–Kier alpha value is -1.68. The second-order valence-electron chi connectivity index (χ2n) is 3.57. The van der Waals surface area contributed by atoms with Crippen molar-refractivity contribution >= 4 is 17.4 Å². The maximum absolute atomic E-state index is 13.2. The van der Waals surface area contributed by atoms with E-state index in [1.165, 1.54) is 18.2 Å². The van der Waals surface area contributed by atoms with E-state index >= 15 is 0 Å². The molecule has 2 N–H and O–H groups in total. The highest BCUT2D eigenvalue weighted by Crippen LogP contribution is 2.28. The Morgan fingerprint density at radius 1 is 1.29 bits per heavy atom. The Morgan fingerprint density at radius 3 is 2.76 bits per heavy atom. The summed E-state index contributed by atoms with van der Waals surface area (Å²) in [5.74, 6) is 0.604. The van der Waals surface area contributed by atoms with Gasteiger partial charge in [0.1, 0.15) is 17.5 Å². The normalized spacial score (nSPS) is 10.5. The zero-order valence-electron chi connectivity index (χ0n) is 9.24. The van der Waals surface area contributed by atoms with Crippen LogP contribution in [0, 0.1) is 5.82 Å². The van der Waals surface area contributed by atoms with Crippen molar-refractivity contribution < 1.29 is 4.39 Å². The minimum atomic E-state index is -0.361. The fourth-order valence-electron chi connectivity index (χ4n) is 1.51. The number of nitrogens with zero attached hydrogens (tertiary/aromatic N) is 2. The number of hydrogen-bond acceptors (Lipinski definition) is 3. The van der Waals surface area contributed by atoms with Crippen molar-refractivity contribution in [3.63, 3.8) is 0 Å². The maximum atomic E-state index is 13.2. The van der Waals surface area contributed by atoms with Gasteiger partial charge in [0.15, 0.2) is 0 Å². The van der Waals surface area contributed by atoms with Gasteiger partial charge in [0.2, 0.25) is 0 Å². The summed E-state index contributed by atoms with van der Waals surface area (Å²) in [5.41, 5.74) is 6.74. The highest BCUT2D eigenvalue weighted by atomic mass is 35.5. The van der Waals surface area contributed by atoms with Gasteiger partial charge in [0.25, 0.3) is 0 Å². The molecule has 1 aromatic carbocycles. The molecule has 2 aromatic rings. The summed E-state index contributed by atoms with van der Waals surface area (Å²) in [5, 5.41) is 0.437. The fraction of sp³-hybridized carbons (Fsp3) is 0.167. The van der Waals surface area contributed by atoms with E-state index in [1.54, 1.807) is 6.07 Å². The van der Waals surface area contributed by atoms with E-state index in [1.807, 2.05) is 6.92 Å². The van der Waals surface area contributed by atoms with Crippen LogP contribution < -0.4 is 5.73 Å². The van der Waals surface area contributed by atoms with E-state index in [0.717, 1.165) is 0 Å². The number of aromatic nitrogens is 2. The van der Waals surface area contributed by atoms with Crippen LogP contribution in [-0.4, -0.2) is 9.97 Å². The van der Waals surface area contributed by atoms with Crippen molar-refractivity contribution in [1.82, 2.24) is 9.97 Å². The average molecular weight is 252 g/mol. The number of benzene rings is 1. The molecule has 0 saturated heterocycles. The van der Waals surface area contributed by atoms with Gasteiger partial charge in [-0.1, -0.05) is 18.5 Å². The smallest absolute Gasteiger partial charge is 0.131 e.